The molecule has 0 radical (unpaired) electrons. The van der Waals surface area contributed by atoms with E-state index in [9.17, 15) is 0 Å². The Labute approximate surface area is 139 Å². The maximum absolute atomic E-state index is 6.06. The number of aryl methyl sites for hydroxylation is 1. The van der Waals surface area contributed by atoms with Crippen LogP contribution in [0.15, 0.2) is 30.9 Å². The highest BCUT2D eigenvalue weighted by Gasteiger charge is 2.25. The molecule has 3 nitrogen and oxygen atoms in total. The van der Waals surface area contributed by atoms with Crippen molar-refractivity contribution in [1.82, 2.24) is 0 Å². The third kappa shape index (κ3) is 4.43. The van der Waals surface area contributed by atoms with Gasteiger partial charge in [-0.15, -0.1) is 6.58 Å². The molecule has 0 aliphatic heterocycles. The Morgan fingerprint density at radius 1 is 1.17 bits per heavy atom. The number of hydrogen-bond acceptors (Lipinski definition) is 3. The molecule has 3 atom stereocenters. The van der Waals surface area contributed by atoms with E-state index in [4.69, 9.17) is 15.2 Å². The largest absolute Gasteiger partial charge is 0.375 e. The average molecular weight is 315 g/mol. The topological polar surface area (TPSA) is 44.5 Å². The molecule has 0 aromatic heterocycles. The maximum atomic E-state index is 6.06. The lowest BCUT2D eigenvalue weighted by Gasteiger charge is -2.26. The Kier molecular flexibility index (Phi) is 5.87. The van der Waals surface area contributed by atoms with Gasteiger partial charge in [-0.05, 0) is 61.1 Å². The summed E-state index contributed by atoms with van der Waals surface area (Å²) in [6.07, 6.45) is 8.94. The lowest BCUT2D eigenvalue weighted by atomic mass is 9.86. The first-order chi connectivity index (χ1) is 11.3. The summed E-state index contributed by atoms with van der Waals surface area (Å²) in [4.78, 5) is 0. The molecule has 2 N–H and O–H groups in total. The van der Waals surface area contributed by atoms with E-state index in [2.05, 4.69) is 24.8 Å². The summed E-state index contributed by atoms with van der Waals surface area (Å²) in [5.74, 6) is 0.672. The SMILES string of the molecule is C=CCOCCOC1CCc2cc(C3CCC(N)C3)ccc2C1. The number of rotatable bonds is 7. The maximum Gasteiger partial charge on any atom is 0.0704 e. The van der Waals surface area contributed by atoms with Crippen molar-refractivity contribution in [2.45, 2.75) is 56.6 Å². The van der Waals surface area contributed by atoms with E-state index in [1.807, 2.05) is 0 Å². The number of benzene rings is 1. The Bertz CT molecular complexity index is 528. The number of ether oxygens (including phenoxy) is 2. The fraction of sp³-hybridized carbons (Fsp3) is 0.600. The Balaban J connectivity index is 1.52. The molecule has 1 fully saturated rings. The fourth-order valence-corrected chi connectivity index (χ4v) is 3.90. The van der Waals surface area contributed by atoms with Crippen LogP contribution in [0.5, 0.6) is 0 Å². The zero-order chi connectivity index (χ0) is 16.1. The summed E-state index contributed by atoms with van der Waals surface area (Å²) in [7, 11) is 0. The standard InChI is InChI=1S/C20H29NO2/c1-2-9-22-10-11-23-20-8-6-16-12-15(3-4-18(16)14-20)17-5-7-19(21)13-17/h2-4,12,17,19-20H,1,5-11,13-14,21H2. The Morgan fingerprint density at radius 2 is 2.09 bits per heavy atom. The van der Waals surface area contributed by atoms with Gasteiger partial charge in [-0.25, -0.2) is 0 Å². The molecular weight excluding hydrogens is 286 g/mol. The highest BCUT2D eigenvalue weighted by molar-refractivity contribution is 5.36. The predicted molar refractivity (Wildman–Crippen MR) is 93.8 cm³/mol. The van der Waals surface area contributed by atoms with Crippen LogP contribution in [-0.2, 0) is 22.3 Å². The summed E-state index contributed by atoms with van der Waals surface area (Å²) in [5, 5.41) is 0. The molecule has 3 rings (SSSR count). The van der Waals surface area contributed by atoms with Gasteiger partial charge in [0.1, 0.15) is 0 Å². The quantitative estimate of drug-likeness (QED) is 0.620. The van der Waals surface area contributed by atoms with Crippen LogP contribution in [0.2, 0.25) is 0 Å². The summed E-state index contributed by atoms with van der Waals surface area (Å²) in [6, 6.07) is 7.47. The fourth-order valence-electron chi connectivity index (χ4n) is 3.90. The molecule has 2 aliphatic rings. The monoisotopic (exact) mass is 315 g/mol. The zero-order valence-corrected chi connectivity index (χ0v) is 14.0. The van der Waals surface area contributed by atoms with Crippen molar-refractivity contribution in [2.24, 2.45) is 5.73 Å². The zero-order valence-electron chi connectivity index (χ0n) is 14.0. The van der Waals surface area contributed by atoms with Crippen molar-refractivity contribution in [3.8, 4) is 0 Å². The van der Waals surface area contributed by atoms with Gasteiger partial charge in [-0.3, -0.25) is 0 Å². The van der Waals surface area contributed by atoms with Gasteiger partial charge in [-0.2, -0.15) is 0 Å². The van der Waals surface area contributed by atoms with Crippen LogP contribution in [0.25, 0.3) is 0 Å². The van der Waals surface area contributed by atoms with Gasteiger partial charge < -0.3 is 15.2 Å². The summed E-state index contributed by atoms with van der Waals surface area (Å²) < 4.78 is 11.3. The van der Waals surface area contributed by atoms with Gasteiger partial charge in [0.15, 0.2) is 0 Å². The second-order valence-corrected chi connectivity index (χ2v) is 6.90. The van der Waals surface area contributed by atoms with Crippen LogP contribution in [0.3, 0.4) is 0 Å². The van der Waals surface area contributed by atoms with Crippen LogP contribution < -0.4 is 5.73 Å². The van der Waals surface area contributed by atoms with Crippen LogP contribution in [0.4, 0.5) is 0 Å². The van der Waals surface area contributed by atoms with Crippen molar-refractivity contribution in [2.75, 3.05) is 19.8 Å². The Hall–Kier alpha value is -1.16. The molecule has 1 aromatic rings. The molecule has 0 bridgehead atoms. The van der Waals surface area contributed by atoms with Crippen molar-refractivity contribution >= 4 is 0 Å². The number of hydrogen-bond donors (Lipinski definition) is 1. The van der Waals surface area contributed by atoms with Crippen LogP contribution in [0, 0.1) is 0 Å². The van der Waals surface area contributed by atoms with Crippen LogP contribution in [0.1, 0.15) is 48.3 Å². The van der Waals surface area contributed by atoms with Gasteiger partial charge in [0.05, 0.1) is 25.9 Å². The van der Waals surface area contributed by atoms with Gasteiger partial charge >= 0.3 is 0 Å². The molecule has 0 spiro atoms. The van der Waals surface area contributed by atoms with E-state index < -0.39 is 0 Å². The summed E-state index contributed by atoms with van der Waals surface area (Å²) in [6.45, 7) is 5.56. The minimum atomic E-state index is 0.334. The molecule has 1 saturated carbocycles. The first-order valence-electron chi connectivity index (χ1n) is 8.93. The predicted octanol–water partition coefficient (Wildman–Crippen LogP) is 3.36. The minimum absolute atomic E-state index is 0.334. The normalized spacial score (nSPS) is 26.9. The lowest BCUT2D eigenvalue weighted by Crippen LogP contribution is -2.24. The van der Waals surface area contributed by atoms with Crippen molar-refractivity contribution in [1.29, 1.82) is 0 Å². The number of nitrogens with two attached hydrogens (primary N) is 1. The van der Waals surface area contributed by atoms with E-state index >= 15 is 0 Å². The molecule has 0 saturated heterocycles. The smallest absolute Gasteiger partial charge is 0.0704 e. The van der Waals surface area contributed by atoms with E-state index in [-0.39, 0.29) is 0 Å². The molecule has 3 heteroatoms. The van der Waals surface area contributed by atoms with Gasteiger partial charge in [0, 0.05) is 6.04 Å². The molecule has 2 aliphatic carbocycles. The van der Waals surface area contributed by atoms with Crippen molar-refractivity contribution < 1.29 is 9.47 Å². The second-order valence-electron chi connectivity index (χ2n) is 6.90. The molecule has 0 heterocycles. The number of fused-ring (bicyclic) bond motifs is 1. The van der Waals surface area contributed by atoms with Crippen molar-refractivity contribution in [3.63, 3.8) is 0 Å². The van der Waals surface area contributed by atoms with Gasteiger partial charge in [-0.1, -0.05) is 24.3 Å². The van der Waals surface area contributed by atoms with Crippen molar-refractivity contribution in [3.05, 3.63) is 47.5 Å². The highest BCUT2D eigenvalue weighted by Crippen LogP contribution is 2.35. The van der Waals surface area contributed by atoms with Crippen LogP contribution in [-0.4, -0.2) is 32.0 Å². The second kappa shape index (κ2) is 8.09. The van der Waals surface area contributed by atoms with E-state index in [1.54, 1.807) is 6.08 Å². The third-order valence-corrected chi connectivity index (χ3v) is 5.18. The van der Waals surface area contributed by atoms with Gasteiger partial charge in [0.2, 0.25) is 0 Å². The van der Waals surface area contributed by atoms with Crippen LogP contribution >= 0.6 is 0 Å². The van der Waals surface area contributed by atoms with E-state index in [0.29, 0.717) is 37.9 Å². The molecule has 126 valence electrons. The summed E-state index contributed by atoms with van der Waals surface area (Å²) >= 11 is 0. The first kappa shape index (κ1) is 16.7. The van der Waals surface area contributed by atoms with Gasteiger partial charge in [0.25, 0.3) is 0 Å². The summed E-state index contributed by atoms with van der Waals surface area (Å²) in [5.41, 5.74) is 10.5. The molecule has 23 heavy (non-hydrogen) atoms. The third-order valence-electron chi connectivity index (χ3n) is 5.18. The molecule has 3 unspecified atom stereocenters. The first-order valence-corrected chi connectivity index (χ1v) is 8.93. The van der Waals surface area contributed by atoms with E-state index in [1.165, 1.54) is 29.5 Å². The molecule has 0 amide bonds. The molecule has 1 aromatic carbocycles. The van der Waals surface area contributed by atoms with E-state index in [0.717, 1.165) is 25.7 Å². The molecular formula is C20H29NO2. The Morgan fingerprint density at radius 3 is 2.87 bits per heavy atom. The minimum Gasteiger partial charge on any atom is -0.375 e. The lowest BCUT2D eigenvalue weighted by molar-refractivity contribution is 0.00495. The highest BCUT2D eigenvalue weighted by atomic mass is 16.5. The average Bonchev–Trinajstić information content (AvgIpc) is 3.00.